The molecule has 0 atom stereocenters. The molecular formula is C15H29N5O2S. The van der Waals surface area contributed by atoms with Gasteiger partial charge in [-0.1, -0.05) is 13.8 Å². The first kappa shape index (κ1) is 19.5. The highest BCUT2D eigenvalue weighted by atomic mass is 32.2. The number of aliphatic imine (C=N–C) groups is 1. The molecule has 0 saturated heterocycles. The number of aryl methyl sites for hydroxylation is 1. The van der Waals surface area contributed by atoms with Crippen molar-refractivity contribution in [1.29, 1.82) is 0 Å². The smallest absolute Gasteiger partial charge is 0.193 e. The zero-order valence-electron chi connectivity index (χ0n) is 15.0. The maximum Gasteiger partial charge on any atom is 0.193 e. The van der Waals surface area contributed by atoms with Crippen LogP contribution in [0.5, 0.6) is 0 Å². The Morgan fingerprint density at radius 1 is 1.48 bits per heavy atom. The highest BCUT2D eigenvalue weighted by molar-refractivity contribution is 7.90. The summed E-state index contributed by atoms with van der Waals surface area (Å²) in [6.45, 7) is 7.89. The van der Waals surface area contributed by atoms with Crippen LogP contribution in [0.3, 0.4) is 0 Å². The molecule has 1 rings (SSSR count). The van der Waals surface area contributed by atoms with Gasteiger partial charge >= 0.3 is 0 Å². The van der Waals surface area contributed by atoms with Crippen LogP contribution in [-0.4, -0.2) is 61.2 Å². The Labute approximate surface area is 139 Å². The van der Waals surface area contributed by atoms with Crippen LogP contribution >= 0.6 is 0 Å². The summed E-state index contributed by atoms with van der Waals surface area (Å²) in [5.74, 6) is 1.11. The Bertz CT molecular complexity index is 634. The standard InChI is InChI=1S/C15H29N5O2S/c1-7-16-15(17-8-9-23(6,21)22)19(4)10-13-11-20(5)18-14(13)12(2)3/h11-12H,7-10H2,1-6H3,(H,16,17). The number of guanidine groups is 1. The summed E-state index contributed by atoms with van der Waals surface area (Å²) in [7, 11) is 0.860. The van der Waals surface area contributed by atoms with Crippen molar-refractivity contribution in [3.05, 3.63) is 17.5 Å². The third-order valence-electron chi connectivity index (χ3n) is 3.31. The van der Waals surface area contributed by atoms with E-state index >= 15 is 0 Å². The molecule has 1 aromatic heterocycles. The maximum atomic E-state index is 11.2. The summed E-state index contributed by atoms with van der Waals surface area (Å²) < 4.78 is 24.3. The first-order valence-electron chi connectivity index (χ1n) is 7.83. The molecule has 0 saturated carbocycles. The van der Waals surface area contributed by atoms with Gasteiger partial charge in [-0.2, -0.15) is 5.10 Å². The topological polar surface area (TPSA) is 79.6 Å². The van der Waals surface area contributed by atoms with Crippen molar-refractivity contribution < 1.29 is 8.42 Å². The lowest BCUT2D eigenvalue weighted by molar-refractivity contribution is 0.474. The van der Waals surface area contributed by atoms with Gasteiger partial charge in [0.05, 0.1) is 18.0 Å². The molecule has 8 heteroatoms. The van der Waals surface area contributed by atoms with Gasteiger partial charge in [0, 0.05) is 45.2 Å². The van der Waals surface area contributed by atoms with Crippen LogP contribution in [-0.2, 0) is 23.4 Å². The Hall–Kier alpha value is -1.57. The van der Waals surface area contributed by atoms with E-state index in [0.29, 0.717) is 18.4 Å². The normalized spacial score (nSPS) is 12.7. The molecule has 0 aliphatic carbocycles. The second-order valence-electron chi connectivity index (χ2n) is 6.09. The van der Waals surface area contributed by atoms with Crippen molar-refractivity contribution in [2.24, 2.45) is 12.0 Å². The highest BCUT2D eigenvalue weighted by Crippen LogP contribution is 2.18. The molecule has 0 aliphatic heterocycles. The second kappa shape index (κ2) is 8.33. The Kier molecular flexibility index (Phi) is 7.05. The van der Waals surface area contributed by atoms with E-state index in [1.165, 1.54) is 6.26 Å². The van der Waals surface area contributed by atoms with Crippen molar-refractivity contribution in [3.63, 3.8) is 0 Å². The molecule has 23 heavy (non-hydrogen) atoms. The van der Waals surface area contributed by atoms with Gasteiger partial charge < -0.3 is 10.2 Å². The van der Waals surface area contributed by atoms with Gasteiger partial charge in [0.25, 0.3) is 0 Å². The van der Waals surface area contributed by atoms with E-state index in [1.807, 2.05) is 36.8 Å². The van der Waals surface area contributed by atoms with Crippen molar-refractivity contribution in [3.8, 4) is 0 Å². The fourth-order valence-electron chi connectivity index (χ4n) is 2.28. The van der Waals surface area contributed by atoms with Crippen LogP contribution in [0.15, 0.2) is 11.2 Å². The van der Waals surface area contributed by atoms with Gasteiger partial charge in [-0.05, 0) is 12.8 Å². The molecule has 1 N–H and O–H groups in total. The average Bonchev–Trinajstić information content (AvgIpc) is 2.77. The Morgan fingerprint density at radius 3 is 2.65 bits per heavy atom. The Morgan fingerprint density at radius 2 is 2.13 bits per heavy atom. The molecule has 0 aromatic carbocycles. The number of hydrogen-bond donors (Lipinski definition) is 1. The van der Waals surface area contributed by atoms with Crippen LogP contribution < -0.4 is 5.32 Å². The van der Waals surface area contributed by atoms with E-state index in [-0.39, 0.29) is 12.3 Å². The summed E-state index contributed by atoms with van der Waals surface area (Å²) in [5, 5.41) is 7.71. The second-order valence-corrected chi connectivity index (χ2v) is 8.35. The van der Waals surface area contributed by atoms with E-state index in [4.69, 9.17) is 0 Å². The lowest BCUT2D eigenvalue weighted by Gasteiger charge is -2.22. The number of sulfone groups is 1. The maximum absolute atomic E-state index is 11.2. The van der Waals surface area contributed by atoms with Crippen LogP contribution in [0, 0.1) is 0 Å². The molecule has 0 spiro atoms. The van der Waals surface area contributed by atoms with E-state index in [9.17, 15) is 8.42 Å². The third-order valence-corrected chi connectivity index (χ3v) is 4.24. The SMILES string of the molecule is CCNC(=NCCS(C)(=O)=O)N(C)Cc1cn(C)nc1C(C)C. The molecule has 0 bridgehead atoms. The first-order valence-corrected chi connectivity index (χ1v) is 9.89. The van der Waals surface area contributed by atoms with E-state index in [2.05, 4.69) is 29.3 Å². The van der Waals surface area contributed by atoms with Crippen LogP contribution in [0.2, 0.25) is 0 Å². The molecule has 0 aliphatic rings. The molecule has 7 nitrogen and oxygen atoms in total. The molecule has 0 fully saturated rings. The zero-order valence-corrected chi connectivity index (χ0v) is 15.8. The Balaban J connectivity index is 2.86. The van der Waals surface area contributed by atoms with Gasteiger partial charge in [-0.15, -0.1) is 0 Å². The van der Waals surface area contributed by atoms with Gasteiger partial charge in [0.2, 0.25) is 0 Å². The number of rotatable bonds is 7. The van der Waals surface area contributed by atoms with Crippen LogP contribution in [0.25, 0.3) is 0 Å². The number of aromatic nitrogens is 2. The average molecular weight is 343 g/mol. The number of nitrogens with zero attached hydrogens (tertiary/aromatic N) is 4. The summed E-state index contributed by atoms with van der Waals surface area (Å²) in [6.07, 6.45) is 3.25. The molecule has 0 radical (unpaired) electrons. The first-order chi connectivity index (χ1) is 10.6. The van der Waals surface area contributed by atoms with Crippen molar-refractivity contribution in [1.82, 2.24) is 20.0 Å². The summed E-state index contributed by atoms with van der Waals surface area (Å²) in [5.41, 5.74) is 2.23. The summed E-state index contributed by atoms with van der Waals surface area (Å²) >= 11 is 0. The van der Waals surface area contributed by atoms with Gasteiger partial charge in [-0.3, -0.25) is 9.67 Å². The lowest BCUT2D eigenvalue weighted by Crippen LogP contribution is -2.39. The fraction of sp³-hybridized carbons (Fsp3) is 0.733. The predicted molar refractivity (Wildman–Crippen MR) is 94.5 cm³/mol. The van der Waals surface area contributed by atoms with Crippen molar-refractivity contribution in [2.75, 3.05) is 32.1 Å². The lowest BCUT2D eigenvalue weighted by atomic mass is 10.1. The van der Waals surface area contributed by atoms with Crippen molar-refractivity contribution in [2.45, 2.75) is 33.2 Å². The molecule has 132 valence electrons. The molecule has 1 heterocycles. The van der Waals surface area contributed by atoms with Crippen molar-refractivity contribution >= 4 is 15.8 Å². The zero-order chi connectivity index (χ0) is 17.6. The highest BCUT2D eigenvalue weighted by Gasteiger charge is 2.15. The van der Waals surface area contributed by atoms with Gasteiger partial charge in [0.15, 0.2) is 5.96 Å². The monoisotopic (exact) mass is 343 g/mol. The van der Waals surface area contributed by atoms with Crippen LogP contribution in [0.1, 0.15) is 37.9 Å². The minimum atomic E-state index is -3.00. The predicted octanol–water partition coefficient (Wildman–Crippen LogP) is 0.985. The number of nitrogens with one attached hydrogen (secondary N) is 1. The minimum Gasteiger partial charge on any atom is -0.357 e. The third kappa shape index (κ3) is 6.60. The minimum absolute atomic E-state index is 0.0554. The summed E-state index contributed by atoms with van der Waals surface area (Å²) in [6, 6.07) is 0. The van der Waals surface area contributed by atoms with Crippen LogP contribution in [0.4, 0.5) is 0 Å². The quantitative estimate of drug-likeness (QED) is 0.590. The molecular weight excluding hydrogens is 314 g/mol. The van der Waals surface area contributed by atoms with E-state index in [1.54, 1.807) is 0 Å². The largest absolute Gasteiger partial charge is 0.357 e. The van der Waals surface area contributed by atoms with Gasteiger partial charge in [0.1, 0.15) is 9.84 Å². The molecule has 0 amide bonds. The van der Waals surface area contributed by atoms with Gasteiger partial charge in [-0.25, -0.2) is 8.42 Å². The molecule has 1 aromatic rings. The number of hydrogen-bond acceptors (Lipinski definition) is 4. The van der Waals surface area contributed by atoms with E-state index < -0.39 is 9.84 Å². The fourth-order valence-corrected chi connectivity index (χ4v) is 2.70. The molecule has 0 unspecified atom stereocenters. The summed E-state index contributed by atoms with van der Waals surface area (Å²) in [4.78, 5) is 6.40. The van der Waals surface area contributed by atoms with E-state index in [0.717, 1.165) is 17.8 Å².